The SMILES string of the molecule is CC(N)C(=O)NCCc1ccccc1Cl.Cl. The van der Waals surface area contributed by atoms with E-state index >= 15 is 0 Å². The third-order valence-corrected chi connectivity index (χ3v) is 2.43. The number of nitrogens with two attached hydrogens (primary N) is 1. The second kappa shape index (κ2) is 7.49. The molecule has 0 fully saturated rings. The van der Waals surface area contributed by atoms with Crippen LogP contribution in [0.2, 0.25) is 5.02 Å². The summed E-state index contributed by atoms with van der Waals surface area (Å²) < 4.78 is 0. The van der Waals surface area contributed by atoms with E-state index in [2.05, 4.69) is 5.32 Å². The first-order chi connectivity index (χ1) is 7.11. The van der Waals surface area contributed by atoms with E-state index in [1.54, 1.807) is 6.92 Å². The zero-order valence-electron chi connectivity index (χ0n) is 9.07. The summed E-state index contributed by atoms with van der Waals surface area (Å²) in [6.45, 7) is 2.22. The van der Waals surface area contributed by atoms with Crippen LogP contribution >= 0.6 is 24.0 Å². The topological polar surface area (TPSA) is 55.1 Å². The Bertz CT molecular complexity index is 343. The van der Waals surface area contributed by atoms with Crippen LogP contribution in [0.1, 0.15) is 12.5 Å². The lowest BCUT2D eigenvalue weighted by Crippen LogP contribution is -2.39. The molecule has 0 spiro atoms. The fourth-order valence-corrected chi connectivity index (χ4v) is 1.41. The van der Waals surface area contributed by atoms with Gasteiger partial charge in [0.25, 0.3) is 0 Å². The van der Waals surface area contributed by atoms with Gasteiger partial charge in [0.05, 0.1) is 6.04 Å². The van der Waals surface area contributed by atoms with Crippen molar-refractivity contribution >= 4 is 29.9 Å². The molecule has 16 heavy (non-hydrogen) atoms. The molecule has 90 valence electrons. The molecule has 0 aromatic heterocycles. The molecule has 1 aromatic carbocycles. The van der Waals surface area contributed by atoms with Gasteiger partial charge in [-0.05, 0) is 25.0 Å². The highest BCUT2D eigenvalue weighted by Gasteiger charge is 2.06. The Morgan fingerprint density at radius 2 is 2.12 bits per heavy atom. The molecule has 0 aliphatic heterocycles. The zero-order valence-corrected chi connectivity index (χ0v) is 10.6. The van der Waals surface area contributed by atoms with E-state index in [1.807, 2.05) is 24.3 Å². The molecule has 0 saturated carbocycles. The minimum absolute atomic E-state index is 0. The van der Waals surface area contributed by atoms with Crippen LogP contribution in [0.3, 0.4) is 0 Å². The standard InChI is InChI=1S/C11H15ClN2O.ClH/c1-8(13)11(15)14-7-6-9-4-2-3-5-10(9)12;/h2-5,8H,6-7,13H2,1H3,(H,14,15);1H. The van der Waals surface area contributed by atoms with E-state index < -0.39 is 6.04 Å². The molecule has 1 unspecified atom stereocenters. The van der Waals surface area contributed by atoms with Gasteiger partial charge < -0.3 is 11.1 Å². The van der Waals surface area contributed by atoms with Gasteiger partial charge in [-0.1, -0.05) is 29.8 Å². The predicted molar refractivity (Wildman–Crippen MR) is 69.1 cm³/mol. The first kappa shape index (κ1) is 15.2. The van der Waals surface area contributed by atoms with Crippen LogP contribution in [0.25, 0.3) is 0 Å². The molecule has 0 aliphatic rings. The van der Waals surface area contributed by atoms with Gasteiger partial charge >= 0.3 is 0 Å². The number of rotatable bonds is 4. The van der Waals surface area contributed by atoms with Crippen LogP contribution in [0.5, 0.6) is 0 Å². The Labute approximate surface area is 107 Å². The van der Waals surface area contributed by atoms with Crippen molar-refractivity contribution in [2.45, 2.75) is 19.4 Å². The summed E-state index contributed by atoms with van der Waals surface area (Å²) in [6, 6.07) is 7.13. The molecular weight excluding hydrogens is 247 g/mol. The second-order valence-electron chi connectivity index (χ2n) is 3.42. The Morgan fingerprint density at radius 1 is 1.50 bits per heavy atom. The molecule has 1 rings (SSSR count). The van der Waals surface area contributed by atoms with Crippen molar-refractivity contribution in [3.63, 3.8) is 0 Å². The summed E-state index contributed by atoms with van der Waals surface area (Å²) in [5, 5.41) is 3.46. The maximum atomic E-state index is 11.1. The molecule has 3 nitrogen and oxygen atoms in total. The highest BCUT2D eigenvalue weighted by molar-refractivity contribution is 6.31. The molecule has 0 aliphatic carbocycles. The van der Waals surface area contributed by atoms with Crippen LogP contribution in [0.15, 0.2) is 24.3 Å². The fraction of sp³-hybridized carbons (Fsp3) is 0.364. The van der Waals surface area contributed by atoms with E-state index in [4.69, 9.17) is 17.3 Å². The molecule has 1 amide bonds. The number of halogens is 2. The Balaban J connectivity index is 0.00000225. The number of amides is 1. The van der Waals surface area contributed by atoms with Crippen molar-refractivity contribution in [1.29, 1.82) is 0 Å². The van der Waals surface area contributed by atoms with Gasteiger partial charge in [0.1, 0.15) is 0 Å². The molecule has 0 saturated heterocycles. The van der Waals surface area contributed by atoms with E-state index in [0.29, 0.717) is 6.54 Å². The Hall–Kier alpha value is -0.770. The van der Waals surface area contributed by atoms with Gasteiger partial charge in [0, 0.05) is 11.6 Å². The average Bonchev–Trinajstić information content (AvgIpc) is 2.20. The minimum Gasteiger partial charge on any atom is -0.354 e. The fourth-order valence-electron chi connectivity index (χ4n) is 1.18. The van der Waals surface area contributed by atoms with Crippen LogP contribution in [-0.4, -0.2) is 18.5 Å². The average molecular weight is 263 g/mol. The van der Waals surface area contributed by atoms with Gasteiger partial charge in [-0.2, -0.15) is 0 Å². The molecule has 0 heterocycles. The number of hydrogen-bond donors (Lipinski definition) is 2. The number of carbonyl (C=O) groups is 1. The quantitative estimate of drug-likeness (QED) is 0.869. The maximum absolute atomic E-state index is 11.1. The highest BCUT2D eigenvalue weighted by Crippen LogP contribution is 2.14. The van der Waals surface area contributed by atoms with Crippen LogP contribution in [-0.2, 0) is 11.2 Å². The number of hydrogen-bond acceptors (Lipinski definition) is 2. The van der Waals surface area contributed by atoms with E-state index in [0.717, 1.165) is 17.0 Å². The van der Waals surface area contributed by atoms with E-state index in [1.165, 1.54) is 0 Å². The molecule has 0 radical (unpaired) electrons. The summed E-state index contributed by atoms with van der Waals surface area (Å²) >= 11 is 5.96. The lowest BCUT2D eigenvalue weighted by Gasteiger charge is -2.08. The number of nitrogens with one attached hydrogen (secondary N) is 1. The molecule has 1 atom stereocenters. The van der Waals surface area contributed by atoms with Crippen molar-refractivity contribution in [2.24, 2.45) is 5.73 Å². The minimum atomic E-state index is -0.462. The molecule has 3 N–H and O–H groups in total. The van der Waals surface area contributed by atoms with Gasteiger partial charge in [-0.15, -0.1) is 12.4 Å². The Kier molecular flexibility index (Phi) is 7.13. The summed E-state index contributed by atoms with van der Waals surface area (Å²) in [4.78, 5) is 11.1. The van der Waals surface area contributed by atoms with Crippen LogP contribution in [0, 0.1) is 0 Å². The van der Waals surface area contributed by atoms with Crippen molar-refractivity contribution in [3.05, 3.63) is 34.9 Å². The van der Waals surface area contributed by atoms with E-state index in [9.17, 15) is 4.79 Å². The van der Waals surface area contributed by atoms with Crippen LogP contribution in [0.4, 0.5) is 0 Å². The van der Waals surface area contributed by atoms with Crippen molar-refractivity contribution in [1.82, 2.24) is 5.32 Å². The van der Waals surface area contributed by atoms with Crippen molar-refractivity contribution in [2.75, 3.05) is 6.54 Å². The third kappa shape index (κ3) is 4.84. The number of carbonyl (C=O) groups excluding carboxylic acids is 1. The maximum Gasteiger partial charge on any atom is 0.236 e. The first-order valence-corrected chi connectivity index (χ1v) is 5.25. The molecule has 5 heteroatoms. The lowest BCUT2D eigenvalue weighted by atomic mass is 10.1. The summed E-state index contributed by atoms with van der Waals surface area (Å²) in [6.07, 6.45) is 0.720. The van der Waals surface area contributed by atoms with Crippen molar-refractivity contribution in [3.8, 4) is 0 Å². The van der Waals surface area contributed by atoms with Crippen molar-refractivity contribution < 1.29 is 4.79 Å². The van der Waals surface area contributed by atoms with Gasteiger partial charge in [-0.25, -0.2) is 0 Å². The van der Waals surface area contributed by atoms with Gasteiger partial charge in [-0.3, -0.25) is 4.79 Å². The predicted octanol–water partition coefficient (Wildman–Crippen LogP) is 1.77. The monoisotopic (exact) mass is 262 g/mol. The second-order valence-corrected chi connectivity index (χ2v) is 3.83. The summed E-state index contributed by atoms with van der Waals surface area (Å²) in [7, 11) is 0. The Morgan fingerprint density at radius 3 is 2.69 bits per heavy atom. The van der Waals surface area contributed by atoms with E-state index in [-0.39, 0.29) is 18.3 Å². The van der Waals surface area contributed by atoms with Crippen LogP contribution < -0.4 is 11.1 Å². The smallest absolute Gasteiger partial charge is 0.236 e. The normalized spacial score (nSPS) is 11.4. The van der Waals surface area contributed by atoms with Gasteiger partial charge in [0.2, 0.25) is 5.91 Å². The summed E-state index contributed by atoms with van der Waals surface area (Å²) in [5.41, 5.74) is 6.44. The molecular formula is C11H16Cl2N2O. The summed E-state index contributed by atoms with van der Waals surface area (Å²) in [5.74, 6) is -0.137. The third-order valence-electron chi connectivity index (χ3n) is 2.06. The highest BCUT2D eigenvalue weighted by atomic mass is 35.5. The zero-order chi connectivity index (χ0) is 11.3. The largest absolute Gasteiger partial charge is 0.354 e. The lowest BCUT2D eigenvalue weighted by molar-refractivity contribution is -0.121. The first-order valence-electron chi connectivity index (χ1n) is 4.88. The number of benzene rings is 1. The molecule has 1 aromatic rings. The molecule has 0 bridgehead atoms. The van der Waals surface area contributed by atoms with Gasteiger partial charge in [0.15, 0.2) is 0 Å².